The quantitative estimate of drug-likeness (QED) is 0.801. The van der Waals surface area contributed by atoms with Gasteiger partial charge < -0.3 is 11.1 Å². The van der Waals surface area contributed by atoms with Crippen LogP contribution in [0.4, 0.5) is 11.4 Å². The molecule has 0 saturated carbocycles. The standard InChI is InChI=1S/C14H21N3O/c1-2-13(17-8-3-4-9-17)14(18)16-12-7-5-6-11(15)10-12/h5-7,10,13H,2-4,8-9,15H2,1H3,(H,16,18). The van der Waals surface area contributed by atoms with Gasteiger partial charge in [0.1, 0.15) is 0 Å². The molecule has 18 heavy (non-hydrogen) atoms. The van der Waals surface area contributed by atoms with E-state index in [9.17, 15) is 4.79 Å². The van der Waals surface area contributed by atoms with Gasteiger partial charge in [-0.1, -0.05) is 13.0 Å². The fourth-order valence-electron chi connectivity index (χ4n) is 2.50. The van der Waals surface area contributed by atoms with Crippen molar-refractivity contribution in [1.29, 1.82) is 0 Å². The minimum Gasteiger partial charge on any atom is -0.399 e. The van der Waals surface area contributed by atoms with Crippen molar-refractivity contribution in [2.24, 2.45) is 0 Å². The van der Waals surface area contributed by atoms with Crippen molar-refractivity contribution in [3.8, 4) is 0 Å². The van der Waals surface area contributed by atoms with Gasteiger partial charge in [0.15, 0.2) is 0 Å². The van der Waals surface area contributed by atoms with E-state index in [0.717, 1.165) is 25.2 Å². The van der Waals surface area contributed by atoms with Crippen LogP contribution in [0.15, 0.2) is 24.3 Å². The predicted molar refractivity (Wildman–Crippen MR) is 74.4 cm³/mol. The smallest absolute Gasteiger partial charge is 0.241 e. The van der Waals surface area contributed by atoms with E-state index < -0.39 is 0 Å². The molecule has 4 nitrogen and oxygen atoms in total. The molecular weight excluding hydrogens is 226 g/mol. The number of nitrogens with zero attached hydrogens (tertiary/aromatic N) is 1. The maximum absolute atomic E-state index is 12.2. The van der Waals surface area contributed by atoms with Crippen LogP contribution >= 0.6 is 0 Å². The third-order valence-electron chi connectivity index (χ3n) is 3.42. The molecule has 1 heterocycles. The second-order valence-electron chi connectivity index (χ2n) is 4.78. The highest BCUT2D eigenvalue weighted by Crippen LogP contribution is 2.17. The molecule has 1 atom stereocenters. The molecule has 1 aliphatic rings. The van der Waals surface area contributed by atoms with Crippen LogP contribution in [0.2, 0.25) is 0 Å². The van der Waals surface area contributed by atoms with E-state index in [1.807, 2.05) is 18.2 Å². The molecule has 1 aromatic rings. The second kappa shape index (κ2) is 5.87. The van der Waals surface area contributed by atoms with Gasteiger partial charge in [-0.25, -0.2) is 0 Å². The van der Waals surface area contributed by atoms with Crippen LogP contribution < -0.4 is 11.1 Å². The molecule has 98 valence electrons. The summed E-state index contributed by atoms with van der Waals surface area (Å²) in [5.41, 5.74) is 7.15. The number of rotatable bonds is 4. The van der Waals surface area contributed by atoms with Gasteiger partial charge in [0.25, 0.3) is 0 Å². The van der Waals surface area contributed by atoms with Crippen molar-refractivity contribution in [2.75, 3.05) is 24.1 Å². The van der Waals surface area contributed by atoms with Gasteiger partial charge in [-0.05, 0) is 50.6 Å². The number of hydrogen-bond donors (Lipinski definition) is 2. The zero-order valence-corrected chi connectivity index (χ0v) is 10.9. The monoisotopic (exact) mass is 247 g/mol. The Balaban J connectivity index is 2.01. The number of likely N-dealkylation sites (tertiary alicyclic amines) is 1. The van der Waals surface area contributed by atoms with E-state index in [4.69, 9.17) is 5.73 Å². The van der Waals surface area contributed by atoms with Crippen LogP contribution in [0, 0.1) is 0 Å². The number of amides is 1. The van der Waals surface area contributed by atoms with Gasteiger partial charge in [0.05, 0.1) is 6.04 Å². The number of nitrogens with one attached hydrogen (secondary N) is 1. The Labute approximate surface area is 108 Å². The largest absolute Gasteiger partial charge is 0.399 e. The number of anilines is 2. The first-order valence-corrected chi connectivity index (χ1v) is 6.61. The molecular formula is C14H21N3O. The summed E-state index contributed by atoms with van der Waals surface area (Å²) >= 11 is 0. The molecule has 1 saturated heterocycles. The van der Waals surface area contributed by atoms with Gasteiger partial charge in [0, 0.05) is 11.4 Å². The van der Waals surface area contributed by atoms with Crippen molar-refractivity contribution in [1.82, 2.24) is 4.90 Å². The number of nitrogen functional groups attached to an aromatic ring is 1. The molecule has 3 N–H and O–H groups in total. The summed E-state index contributed by atoms with van der Waals surface area (Å²) < 4.78 is 0. The lowest BCUT2D eigenvalue weighted by Gasteiger charge is -2.25. The first-order chi connectivity index (χ1) is 8.70. The lowest BCUT2D eigenvalue weighted by molar-refractivity contribution is -0.121. The summed E-state index contributed by atoms with van der Waals surface area (Å²) in [5.74, 6) is 0.0741. The Morgan fingerprint density at radius 2 is 2.17 bits per heavy atom. The van der Waals surface area contributed by atoms with Gasteiger partial charge >= 0.3 is 0 Å². The molecule has 1 amide bonds. The maximum atomic E-state index is 12.2. The molecule has 1 fully saturated rings. The van der Waals surface area contributed by atoms with Crippen LogP contribution in [-0.2, 0) is 4.79 Å². The van der Waals surface area contributed by atoms with Crippen molar-refractivity contribution in [2.45, 2.75) is 32.2 Å². The summed E-state index contributed by atoms with van der Waals surface area (Å²) in [6.45, 7) is 4.12. The topological polar surface area (TPSA) is 58.4 Å². The van der Waals surface area contributed by atoms with Crippen molar-refractivity contribution in [3.63, 3.8) is 0 Å². The van der Waals surface area contributed by atoms with Crippen LogP contribution in [0.3, 0.4) is 0 Å². The summed E-state index contributed by atoms with van der Waals surface area (Å²) in [4.78, 5) is 14.5. The maximum Gasteiger partial charge on any atom is 0.241 e. The molecule has 1 unspecified atom stereocenters. The first-order valence-electron chi connectivity index (χ1n) is 6.61. The number of hydrogen-bond acceptors (Lipinski definition) is 3. The Morgan fingerprint density at radius 3 is 2.78 bits per heavy atom. The Kier molecular flexibility index (Phi) is 4.20. The first kappa shape index (κ1) is 12.9. The third kappa shape index (κ3) is 3.01. The number of carbonyl (C=O) groups excluding carboxylic acids is 1. The second-order valence-corrected chi connectivity index (χ2v) is 4.78. The molecule has 0 aromatic heterocycles. The number of carbonyl (C=O) groups is 1. The number of benzene rings is 1. The zero-order valence-electron chi connectivity index (χ0n) is 10.9. The van der Waals surface area contributed by atoms with Gasteiger partial charge in [-0.3, -0.25) is 9.69 Å². The van der Waals surface area contributed by atoms with E-state index in [-0.39, 0.29) is 11.9 Å². The third-order valence-corrected chi connectivity index (χ3v) is 3.42. The molecule has 0 spiro atoms. The number of nitrogens with two attached hydrogens (primary N) is 1. The lowest BCUT2D eigenvalue weighted by Crippen LogP contribution is -2.42. The van der Waals surface area contributed by atoms with Gasteiger partial charge in [0.2, 0.25) is 5.91 Å². The molecule has 4 heteroatoms. The fraction of sp³-hybridized carbons (Fsp3) is 0.500. The highest BCUT2D eigenvalue weighted by molar-refractivity contribution is 5.95. The van der Waals surface area contributed by atoms with Crippen molar-refractivity contribution < 1.29 is 4.79 Å². The van der Waals surface area contributed by atoms with Crippen LogP contribution in [-0.4, -0.2) is 29.9 Å². The highest BCUT2D eigenvalue weighted by atomic mass is 16.2. The van der Waals surface area contributed by atoms with Gasteiger partial charge in [-0.15, -0.1) is 0 Å². The molecule has 0 bridgehead atoms. The summed E-state index contributed by atoms with van der Waals surface area (Å²) in [6, 6.07) is 7.29. The van der Waals surface area contributed by atoms with E-state index in [1.165, 1.54) is 12.8 Å². The zero-order chi connectivity index (χ0) is 13.0. The summed E-state index contributed by atoms with van der Waals surface area (Å²) in [7, 11) is 0. The van der Waals surface area contributed by atoms with Gasteiger partial charge in [-0.2, -0.15) is 0 Å². The average Bonchev–Trinajstić information content (AvgIpc) is 2.83. The van der Waals surface area contributed by atoms with Crippen molar-refractivity contribution in [3.05, 3.63) is 24.3 Å². The van der Waals surface area contributed by atoms with E-state index in [0.29, 0.717) is 5.69 Å². The summed E-state index contributed by atoms with van der Waals surface area (Å²) in [6.07, 6.45) is 3.23. The molecule has 1 aliphatic heterocycles. The molecule has 0 radical (unpaired) electrons. The highest BCUT2D eigenvalue weighted by Gasteiger charge is 2.26. The lowest BCUT2D eigenvalue weighted by atomic mass is 10.1. The molecule has 1 aromatic carbocycles. The Morgan fingerprint density at radius 1 is 1.44 bits per heavy atom. The average molecular weight is 247 g/mol. The summed E-state index contributed by atoms with van der Waals surface area (Å²) in [5, 5.41) is 2.95. The van der Waals surface area contributed by atoms with Crippen LogP contribution in [0.5, 0.6) is 0 Å². The van der Waals surface area contributed by atoms with Crippen LogP contribution in [0.1, 0.15) is 26.2 Å². The normalized spacial score (nSPS) is 17.6. The van der Waals surface area contributed by atoms with E-state index in [1.54, 1.807) is 6.07 Å². The van der Waals surface area contributed by atoms with E-state index >= 15 is 0 Å². The Bertz CT molecular complexity index is 413. The van der Waals surface area contributed by atoms with Crippen LogP contribution in [0.25, 0.3) is 0 Å². The predicted octanol–water partition coefficient (Wildman–Crippen LogP) is 2.08. The molecule has 0 aliphatic carbocycles. The van der Waals surface area contributed by atoms with Crippen molar-refractivity contribution >= 4 is 17.3 Å². The Hall–Kier alpha value is -1.55. The minimum absolute atomic E-state index is 0.0195. The van der Waals surface area contributed by atoms with E-state index in [2.05, 4.69) is 17.1 Å². The SMILES string of the molecule is CCC(C(=O)Nc1cccc(N)c1)N1CCCC1. The fourth-order valence-corrected chi connectivity index (χ4v) is 2.50. The molecule has 2 rings (SSSR count). The minimum atomic E-state index is -0.0195.